The molecule has 8 atom stereocenters. The lowest BCUT2D eigenvalue weighted by Crippen LogP contribution is -2.56. The summed E-state index contributed by atoms with van der Waals surface area (Å²) >= 11 is 0. The van der Waals surface area contributed by atoms with Crippen molar-refractivity contribution in [3.05, 3.63) is 12.7 Å². The molecule has 0 heterocycles. The smallest absolute Gasteiger partial charge is 0.0543 e. The van der Waals surface area contributed by atoms with E-state index in [1.807, 2.05) is 0 Å². The Morgan fingerprint density at radius 3 is 2.61 bits per heavy atom. The Hall–Kier alpha value is -0.340. The molecule has 0 amide bonds. The highest BCUT2D eigenvalue weighted by Crippen LogP contribution is 2.67. The largest absolute Gasteiger partial charge is 0.396 e. The molecule has 0 aliphatic heterocycles. The average Bonchev–Trinajstić information content (AvgIpc) is 2.90. The molecule has 4 fully saturated rings. The van der Waals surface area contributed by atoms with Crippen molar-refractivity contribution in [3.8, 4) is 0 Å². The second-order valence-electron chi connectivity index (χ2n) is 9.43. The van der Waals surface area contributed by atoms with E-state index < -0.39 is 0 Å². The lowest BCUT2D eigenvalue weighted by molar-refractivity contribution is -0.152. The third-order valence-corrected chi connectivity index (χ3v) is 8.99. The zero-order chi connectivity index (χ0) is 16.2. The van der Waals surface area contributed by atoms with Crippen molar-refractivity contribution in [2.75, 3.05) is 6.61 Å². The Balaban J connectivity index is 1.64. The lowest BCUT2D eigenvalue weighted by atomic mass is 9.44. The van der Waals surface area contributed by atoms with Gasteiger partial charge in [-0.3, -0.25) is 0 Å². The number of aliphatic hydroxyl groups is 2. The molecule has 4 aliphatic rings. The Kier molecular flexibility index (Phi) is 3.93. The van der Waals surface area contributed by atoms with Crippen molar-refractivity contribution < 1.29 is 10.2 Å². The van der Waals surface area contributed by atoms with Crippen LogP contribution in [0, 0.1) is 40.4 Å². The van der Waals surface area contributed by atoms with Crippen molar-refractivity contribution in [1.29, 1.82) is 0 Å². The highest BCUT2D eigenvalue weighted by Gasteiger charge is 2.60. The van der Waals surface area contributed by atoms with E-state index in [1.165, 1.54) is 38.5 Å². The standard InChI is InChI=1S/C21H34O2/c1-3-14-5-7-18-17-6-4-15-12-16(23)8-11-21(15,13-22)19(17)9-10-20(14,18)2/h3,14-19,22-23H,1,4-13H2,2H3/t14-,15-,16-,17-,18-,19-,20+,21+/m0/s1. The first-order valence-corrected chi connectivity index (χ1v) is 9.96. The van der Waals surface area contributed by atoms with Crippen molar-refractivity contribution in [2.45, 2.75) is 70.8 Å². The Bertz CT molecular complexity index is 474. The summed E-state index contributed by atoms with van der Waals surface area (Å²) in [5, 5.41) is 20.5. The van der Waals surface area contributed by atoms with Gasteiger partial charge in [0.05, 0.1) is 6.10 Å². The van der Waals surface area contributed by atoms with Gasteiger partial charge in [0.15, 0.2) is 0 Å². The maximum absolute atomic E-state index is 10.4. The molecule has 0 aromatic carbocycles. The van der Waals surface area contributed by atoms with Gasteiger partial charge < -0.3 is 10.2 Å². The minimum absolute atomic E-state index is 0.121. The quantitative estimate of drug-likeness (QED) is 0.750. The van der Waals surface area contributed by atoms with E-state index in [-0.39, 0.29) is 11.5 Å². The summed E-state index contributed by atoms with van der Waals surface area (Å²) in [4.78, 5) is 0. The third-order valence-electron chi connectivity index (χ3n) is 8.99. The molecule has 0 aromatic heterocycles. The van der Waals surface area contributed by atoms with E-state index in [0.717, 1.165) is 31.1 Å². The fraction of sp³-hybridized carbons (Fsp3) is 0.905. The first-order valence-electron chi connectivity index (χ1n) is 9.96. The molecule has 0 unspecified atom stereocenters. The summed E-state index contributed by atoms with van der Waals surface area (Å²) < 4.78 is 0. The third kappa shape index (κ3) is 2.13. The van der Waals surface area contributed by atoms with Crippen LogP contribution in [-0.2, 0) is 0 Å². The number of aliphatic hydroxyl groups excluding tert-OH is 2. The van der Waals surface area contributed by atoms with Crippen LogP contribution in [0.5, 0.6) is 0 Å². The van der Waals surface area contributed by atoms with Crippen LogP contribution in [0.3, 0.4) is 0 Å². The maximum atomic E-state index is 10.4. The predicted molar refractivity (Wildman–Crippen MR) is 92.8 cm³/mol. The number of fused-ring (bicyclic) bond motifs is 5. The van der Waals surface area contributed by atoms with Crippen molar-refractivity contribution in [2.24, 2.45) is 40.4 Å². The molecule has 130 valence electrons. The fourth-order valence-electron chi connectivity index (χ4n) is 7.76. The molecule has 0 radical (unpaired) electrons. The van der Waals surface area contributed by atoms with Crippen LogP contribution in [0.25, 0.3) is 0 Å². The van der Waals surface area contributed by atoms with Gasteiger partial charge in [0.25, 0.3) is 0 Å². The Labute approximate surface area is 141 Å². The summed E-state index contributed by atoms with van der Waals surface area (Å²) in [7, 11) is 0. The highest BCUT2D eigenvalue weighted by molar-refractivity contribution is 5.12. The molecule has 4 rings (SSSR count). The van der Waals surface area contributed by atoms with Crippen LogP contribution in [0.1, 0.15) is 64.7 Å². The Morgan fingerprint density at radius 1 is 1.04 bits per heavy atom. The maximum Gasteiger partial charge on any atom is 0.0543 e. The monoisotopic (exact) mass is 318 g/mol. The first kappa shape index (κ1) is 16.1. The highest BCUT2D eigenvalue weighted by atomic mass is 16.3. The summed E-state index contributed by atoms with van der Waals surface area (Å²) in [6.07, 6.45) is 12.8. The van der Waals surface area contributed by atoms with Crippen LogP contribution >= 0.6 is 0 Å². The van der Waals surface area contributed by atoms with Gasteiger partial charge in [-0.05, 0) is 98.2 Å². The van der Waals surface area contributed by atoms with E-state index in [2.05, 4.69) is 19.6 Å². The molecule has 0 bridgehead atoms. The van der Waals surface area contributed by atoms with E-state index >= 15 is 0 Å². The molecule has 2 N–H and O–H groups in total. The van der Waals surface area contributed by atoms with E-state index in [4.69, 9.17) is 0 Å². The number of hydrogen-bond acceptors (Lipinski definition) is 2. The molecule has 0 aromatic rings. The Morgan fingerprint density at radius 2 is 1.87 bits per heavy atom. The van der Waals surface area contributed by atoms with Gasteiger partial charge in [0.2, 0.25) is 0 Å². The van der Waals surface area contributed by atoms with Gasteiger partial charge in [0.1, 0.15) is 0 Å². The molecule has 23 heavy (non-hydrogen) atoms. The second kappa shape index (κ2) is 5.59. The molecule has 4 aliphatic carbocycles. The molecule has 0 spiro atoms. The van der Waals surface area contributed by atoms with Gasteiger partial charge >= 0.3 is 0 Å². The SMILES string of the molecule is C=C[C@H]1CC[C@H]2[C@@H]3CC[C@H]4C[C@@H](O)CC[C@]4(CO)[C@H]3CC[C@]12C. The summed E-state index contributed by atoms with van der Waals surface area (Å²) in [6, 6.07) is 0. The summed E-state index contributed by atoms with van der Waals surface area (Å²) in [6.45, 7) is 6.99. The predicted octanol–water partition coefficient (Wildman–Crippen LogP) is 4.16. The average molecular weight is 319 g/mol. The number of rotatable bonds is 2. The van der Waals surface area contributed by atoms with Gasteiger partial charge in [-0.15, -0.1) is 6.58 Å². The topological polar surface area (TPSA) is 40.5 Å². The van der Waals surface area contributed by atoms with Crippen LogP contribution in [0.15, 0.2) is 12.7 Å². The van der Waals surface area contributed by atoms with Crippen molar-refractivity contribution in [1.82, 2.24) is 0 Å². The molecule has 4 saturated carbocycles. The van der Waals surface area contributed by atoms with Crippen LogP contribution in [0.2, 0.25) is 0 Å². The number of hydrogen-bond donors (Lipinski definition) is 2. The van der Waals surface area contributed by atoms with Crippen molar-refractivity contribution >= 4 is 0 Å². The van der Waals surface area contributed by atoms with Crippen LogP contribution in [-0.4, -0.2) is 22.9 Å². The van der Waals surface area contributed by atoms with Gasteiger partial charge in [-0.25, -0.2) is 0 Å². The second-order valence-corrected chi connectivity index (χ2v) is 9.43. The molecule has 2 heteroatoms. The van der Waals surface area contributed by atoms with Crippen LogP contribution in [0.4, 0.5) is 0 Å². The molecular formula is C21H34O2. The number of allylic oxidation sites excluding steroid dienone is 1. The molecular weight excluding hydrogens is 284 g/mol. The van der Waals surface area contributed by atoms with E-state index in [9.17, 15) is 10.2 Å². The minimum Gasteiger partial charge on any atom is -0.396 e. The fourth-order valence-corrected chi connectivity index (χ4v) is 7.76. The lowest BCUT2D eigenvalue weighted by Gasteiger charge is -2.61. The zero-order valence-corrected chi connectivity index (χ0v) is 14.7. The van der Waals surface area contributed by atoms with E-state index in [0.29, 0.717) is 29.8 Å². The summed E-state index contributed by atoms with van der Waals surface area (Å²) in [5.74, 6) is 3.58. The van der Waals surface area contributed by atoms with Crippen molar-refractivity contribution in [3.63, 3.8) is 0 Å². The molecule has 0 saturated heterocycles. The minimum atomic E-state index is -0.123. The molecule has 2 nitrogen and oxygen atoms in total. The summed E-state index contributed by atoms with van der Waals surface area (Å²) in [5.41, 5.74) is 0.580. The van der Waals surface area contributed by atoms with Gasteiger partial charge in [-0.1, -0.05) is 13.0 Å². The normalized spacial score (nSPS) is 55.6. The van der Waals surface area contributed by atoms with Crippen LogP contribution < -0.4 is 0 Å². The van der Waals surface area contributed by atoms with Gasteiger partial charge in [0, 0.05) is 6.61 Å². The zero-order valence-electron chi connectivity index (χ0n) is 14.7. The van der Waals surface area contributed by atoms with E-state index in [1.54, 1.807) is 0 Å². The first-order chi connectivity index (χ1) is 11.0. The van der Waals surface area contributed by atoms with Gasteiger partial charge in [-0.2, -0.15) is 0 Å².